The quantitative estimate of drug-likeness (QED) is 0.730. The smallest absolute Gasteiger partial charge is 0.386 e. The van der Waals surface area contributed by atoms with Crippen molar-refractivity contribution in [2.24, 2.45) is 11.8 Å². The second-order valence-corrected chi connectivity index (χ2v) is 4.63. The lowest BCUT2D eigenvalue weighted by Gasteiger charge is -2.24. The fourth-order valence-electron chi connectivity index (χ4n) is 2.27. The van der Waals surface area contributed by atoms with Crippen LogP contribution >= 0.6 is 0 Å². The normalized spacial score (nSPS) is 20.0. The molecule has 1 unspecified atom stereocenters. The van der Waals surface area contributed by atoms with Crippen molar-refractivity contribution in [2.45, 2.75) is 57.0 Å². The lowest BCUT2D eigenvalue weighted by atomic mass is 9.85. The number of hydrogen-bond acceptors (Lipinski definition) is 4. The molecule has 0 aromatic carbocycles. The number of nitrogens with two attached hydrogens (primary N) is 1. The predicted octanol–water partition coefficient (Wildman–Crippen LogP) is 1.76. The zero-order valence-electron chi connectivity index (χ0n) is 9.70. The zero-order chi connectivity index (χ0) is 12.9. The standard InChI is InChI=1S/C11H19F2NO3/c12-11(13,10(16)17-14)9(15)7-6-8-4-2-1-3-5-8/h8-9,15H,1-7,14H2. The number of hydrogen-bond donors (Lipinski definition) is 2. The summed E-state index contributed by atoms with van der Waals surface area (Å²) >= 11 is 0. The van der Waals surface area contributed by atoms with E-state index in [1.165, 1.54) is 6.42 Å². The minimum absolute atomic E-state index is 0.104. The molecule has 1 fully saturated rings. The molecule has 1 aliphatic rings. The second-order valence-electron chi connectivity index (χ2n) is 4.63. The van der Waals surface area contributed by atoms with Gasteiger partial charge in [0.15, 0.2) is 0 Å². The van der Waals surface area contributed by atoms with Crippen LogP contribution in [0, 0.1) is 5.92 Å². The molecule has 1 atom stereocenters. The summed E-state index contributed by atoms with van der Waals surface area (Å²) in [5, 5.41) is 9.30. The molecule has 0 amide bonds. The zero-order valence-corrected chi connectivity index (χ0v) is 9.70. The summed E-state index contributed by atoms with van der Waals surface area (Å²) in [6.45, 7) is 0. The van der Waals surface area contributed by atoms with Crippen molar-refractivity contribution in [3.8, 4) is 0 Å². The molecule has 0 spiro atoms. The van der Waals surface area contributed by atoms with Crippen LogP contribution in [0.1, 0.15) is 44.9 Å². The first-order valence-electron chi connectivity index (χ1n) is 5.95. The van der Waals surface area contributed by atoms with Crippen LogP contribution < -0.4 is 5.90 Å². The molecular weight excluding hydrogens is 232 g/mol. The van der Waals surface area contributed by atoms with E-state index in [-0.39, 0.29) is 6.42 Å². The van der Waals surface area contributed by atoms with E-state index >= 15 is 0 Å². The van der Waals surface area contributed by atoms with E-state index in [0.29, 0.717) is 12.3 Å². The summed E-state index contributed by atoms with van der Waals surface area (Å²) in [5.74, 6) is -1.02. The Kier molecular flexibility index (Phi) is 5.27. The van der Waals surface area contributed by atoms with Gasteiger partial charge >= 0.3 is 11.9 Å². The molecule has 3 N–H and O–H groups in total. The van der Waals surface area contributed by atoms with Crippen LogP contribution in [0.15, 0.2) is 0 Å². The van der Waals surface area contributed by atoms with Gasteiger partial charge in [-0.2, -0.15) is 14.7 Å². The number of rotatable bonds is 5. The molecule has 0 bridgehead atoms. The Balaban J connectivity index is 2.37. The number of aliphatic hydroxyl groups is 1. The molecule has 0 aliphatic heterocycles. The largest absolute Gasteiger partial charge is 0.398 e. The van der Waals surface area contributed by atoms with Crippen molar-refractivity contribution in [3.63, 3.8) is 0 Å². The Bertz CT molecular complexity index is 255. The number of halogens is 2. The van der Waals surface area contributed by atoms with E-state index < -0.39 is 18.0 Å². The molecule has 0 aromatic heterocycles. The van der Waals surface area contributed by atoms with Gasteiger partial charge in [-0.05, 0) is 18.8 Å². The fourth-order valence-corrected chi connectivity index (χ4v) is 2.27. The molecule has 0 radical (unpaired) electrons. The summed E-state index contributed by atoms with van der Waals surface area (Å²) in [5.41, 5.74) is 0. The molecule has 1 rings (SSSR count). The van der Waals surface area contributed by atoms with Crippen molar-refractivity contribution in [1.82, 2.24) is 0 Å². The van der Waals surface area contributed by atoms with Gasteiger partial charge in [0.25, 0.3) is 0 Å². The molecule has 17 heavy (non-hydrogen) atoms. The van der Waals surface area contributed by atoms with Gasteiger partial charge in [0.1, 0.15) is 6.10 Å². The molecule has 1 saturated carbocycles. The third kappa shape index (κ3) is 3.89. The average molecular weight is 251 g/mol. The van der Waals surface area contributed by atoms with Gasteiger partial charge in [-0.3, -0.25) is 0 Å². The summed E-state index contributed by atoms with van der Waals surface area (Å²) < 4.78 is 26.3. The third-order valence-corrected chi connectivity index (χ3v) is 3.37. The van der Waals surface area contributed by atoms with E-state index in [0.717, 1.165) is 25.7 Å². The van der Waals surface area contributed by atoms with Crippen molar-refractivity contribution in [2.75, 3.05) is 0 Å². The predicted molar refractivity (Wildman–Crippen MR) is 57.0 cm³/mol. The van der Waals surface area contributed by atoms with Gasteiger partial charge < -0.3 is 9.94 Å². The maximum absolute atomic E-state index is 13.2. The second kappa shape index (κ2) is 6.26. The Labute approximate surface area is 99.1 Å². The van der Waals surface area contributed by atoms with Crippen LogP contribution in [0.5, 0.6) is 0 Å². The van der Waals surface area contributed by atoms with Crippen LogP contribution in [0.4, 0.5) is 8.78 Å². The van der Waals surface area contributed by atoms with E-state index in [1.807, 2.05) is 0 Å². The topological polar surface area (TPSA) is 72.5 Å². The molecule has 1 aliphatic carbocycles. The Morgan fingerprint density at radius 3 is 2.53 bits per heavy atom. The van der Waals surface area contributed by atoms with E-state index in [9.17, 15) is 18.7 Å². The van der Waals surface area contributed by atoms with Crippen molar-refractivity contribution in [1.29, 1.82) is 0 Å². The first-order valence-corrected chi connectivity index (χ1v) is 5.95. The van der Waals surface area contributed by atoms with Crippen LogP contribution in [0.25, 0.3) is 0 Å². The molecule has 0 saturated heterocycles. The molecule has 4 nitrogen and oxygen atoms in total. The lowest BCUT2D eigenvalue weighted by Crippen LogP contribution is -2.43. The highest BCUT2D eigenvalue weighted by atomic mass is 19.3. The fraction of sp³-hybridized carbons (Fsp3) is 0.909. The van der Waals surface area contributed by atoms with Gasteiger partial charge in [0, 0.05) is 0 Å². The number of carbonyl (C=O) groups excluding carboxylic acids is 1. The number of carbonyl (C=O) groups is 1. The Morgan fingerprint density at radius 2 is 2.00 bits per heavy atom. The van der Waals surface area contributed by atoms with Gasteiger partial charge in [-0.25, -0.2) is 4.79 Å². The van der Waals surface area contributed by atoms with Crippen LogP contribution in [0.3, 0.4) is 0 Å². The molecule has 100 valence electrons. The van der Waals surface area contributed by atoms with Crippen LogP contribution in [-0.2, 0) is 9.63 Å². The molecule has 0 heterocycles. The summed E-state index contributed by atoms with van der Waals surface area (Å²) in [6, 6.07) is 0. The van der Waals surface area contributed by atoms with Gasteiger partial charge in [0.2, 0.25) is 0 Å². The molecule has 0 aromatic rings. The van der Waals surface area contributed by atoms with Crippen LogP contribution in [-0.4, -0.2) is 23.1 Å². The molecule has 6 heteroatoms. The van der Waals surface area contributed by atoms with Crippen molar-refractivity contribution >= 4 is 5.97 Å². The highest BCUT2D eigenvalue weighted by Crippen LogP contribution is 2.30. The first-order chi connectivity index (χ1) is 7.98. The minimum Gasteiger partial charge on any atom is -0.386 e. The monoisotopic (exact) mass is 251 g/mol. The third-order valence-electron chi connectivity index (χ3n) is 3.37. The van der Waals surface area contributed by atoms with Crippen LogP contribution in [0.2, 0.25) is 0 Å². The Morgan fingerprint density at radius 1 is 1.41 bits per heavy atom. The number of alkyl halides is 2. The van der Waals surface area contributed by atoms with Gasteiger partial charge in [-0.1, -0.05) is 32.1 Å². The summed E-state index contributed by atoms with van der Waals surface area (Å²) in [4.78, 5) is 14.1. The average Bonchev–Trinajstić information content (AvgIpc) is 2.35. The van der Waals surface area contributed by atoms with Crippen molar-refractivity contribution < 1.29 is 23.5 Å². The SMILES string of the molecule is NOC(=O)C(F)(F)C(O)CCC1CCCCC1. The lowest BCUT2D eigenvalue weighted by molar-refractivity contribution is -0.190. The van der Waals surface area contributed by atoms with E-state index in [2.05, 4.69) is 10.7 Å². The number of aliphatic hydroxyl groups excluding tert-OH is 1. The van der Waals surface area contributed by atoms with Gasteiger partial charge in [0.05, 0.1) is 0 Å². The minimum atomic E-state index is -3.91. The molecular formula is C11H19F2NO3. The highest BCUT2D eigenvalue weighted by molar-refractivity contribution is 5.77. The first kappa shape index (κ1) is 14.3. The van der Waals surface area contributed by atoms with E-state index in [4.69, 9.17) is 0 Å². The van der Waals surface area contributed by atoms with Gasteiger partial charge in [-0.15, -0.1) is 0 Å². The van der Waals surface area contributed by atoms with E-state index in [1.54, 1.807) is 0 Å². The summed E-state index contributed by atoms with van der Waals surface area (Å²) in [7, 11) is 0. The Hall–Kier alpha value is -0.750. The highest BCUT2D eigenvalue weighted by Gasteiger charge is 2.48. The summed E-state index contributed by atoms with van der Waals surface area (Å²) in [6.07, 6.45) is 3.83. The van der Waals surface area contributed by atoms with Crippen molar-refractivity contribution in [3.05, 3.63) is 0 Å². The maximum atomic E-state index is 13.2. The maximum Gasteiger partial charge on any atom is 0.398 e.